The van der Waals surface area contributed by atoms with Gasteiger partial charge in [0.25, 0.3) is 0 Å². The van der Waals surface area contributed by atoms with Gasteiger partial charge in [-0.25, -0.2) is 0 Å². The zero-order valence-electron chi connectivity index (χ0n) is 11.3. The van der Waals surface area contributed by atoms with Gasteiger partial charge in [0, 0.05) is 5.39 Å². The average Bonchev–Trinajstić information content (AvgIpc) is 3.37. The summed E-state index contributed by atoms with van der Waals surface area (Å²) in [5.41, 5.74) is 0. The standard InChI is InChI=1S/C16H14O4S/c17-15(9-1-2-9)19-12-5-6-13(14-11(12)7-8-21-14)20-16(18)10-3-4-10/h5-10H,1-4H2. The molecular formula is C16H14O4S. The van der Waals surface area contributed by atoms with Crippen molar-refractivity contribution in [3.8, 4) is 11.5 Å². The first-order chi connectivity index (χ1) is 10.2. The highest BCUT2D eigenvalue weighted by molar-refractivity contribution is 7.17. The van der Waals surface area contributed by atoms with E-state index in [9.17, 15) is 9.59 Å². The molecule has 5 heteroatoms. The van der Waals surface area contributed by atoms with Crippen LogP contribution in [0, 0.1) is 11.8 Å². The van der Waals surface area contributed by atoms with E-state index in [0.717, 1.165) is 35.8 Å². The number of carbonyl (C=O) groups excluding carboxylic acids is 2. The summed E-state index contributed by atoms with van der Waals surface area (Å²) in [7, 11) is 0. The molecule has 108 valence electrons. The Kier molecular flexibility index (Phi) is 2.96. The van der Waals surface area contributed by atoms with Crippen LogP contribution in [0.2, 0.25) is 0 Å². The molecule has 1 heterocycles. The maximum atomic E-state index is 11.8. The van der Waals surface area contributed by atoms with Gasteiger partial charge in [-0.2, -0.15) is 0 Å². The molecular weight excluding hydrogens is 288 g/mol. The molecule has 4 rings (SSSR count). The zero-order chi connectivity index (χ0) is 14.4. The van der Waals surface area contributed by atoms with E-state index in [0.29, 0.717) is 11.5 Å². The van der Waals surface area contributed by atoms with E-state index in [2.05, 4.69) is 0 Å². The van der Waals surface area contributed by atoms with E-state index < -0.39 is 0 Å². The summed E-state index contributed by atoms with van der Waals surface area (Å²) >= 11 is 1.48. The fourth-order valence-corrected chi connectivity index (χ4v) is 3.06. The highest BCUT2D eigenvalue weighted by Crippen LogP contribution is 2.40. The lowest BCUT2D eigenvalue weighted by Gasteiger charge is -2.08. The molecule has 2 aromatic rings. The molecule has 0 saturated heterocycles. The maximum absolute atomic E-state index is 11.8. The lowest BCUT2D eigenvalue weighted by molar-refractivity contribution is -0.136. The van der Waals surface area contributed by atoms with E-state index in [1.54, 1.807) is 12.1 Å². The Morgan fingerprint density at radius 2 is 1.48 bits per heavy atom. The fourth-order valence-electron chi connectivity index (χ4n) is 2.20. The molecule has 2 aliphatic rings. The van der Waals surface area contributed by atoms with E-state index in [1.165, 1.54) is 11.3 Å². The second kappa shape index (κ2) is 4.84. The molecule has 4 nitrogen and oxygen atoms in total. The third kappa shape index (κ3) is 2.53. The quantitative estimate of drug-likeness (QED) is 0.640. The molecule has 21 heavy (non-hydrogen) atoms. The van der Waals surface area contributed by atoms with Crippen LogP contribution in [0.25, 0.3) is 10.1 Å². The largest absolute Gasteiger partial charge is 0.426 e. The highest BCUT2D eigenvalue weighted by atomic mass is 32.1. The number of ether oxygens (including phenoxy) is 2. The lowest BCUT2D eigenvalue weighted by Crippen LogP contribution is -2.11. The van der Waals surface area contributed by atoms with Crippen LogP contribution in [0.5, 0.6) is 11.5 Å². The number of esters is 2. The van der Waals surface area contributed by atoms with Crippen molar-refractivity contribution >= 4 is 33.4 Å². The van der Waals surface area contributed by atoms with Gasteiger partial charge in [0.2, 0.25) is 0 Å². The summed E-state index contributed by atoms with van der Waals surface area (Å²) in [6, 6.07) is 5.32. The Bertz CT molecular complexity index is 665. The highest BCUT2D eigenvalue weighted by Gasteiger charge is 2.33. The summed E-state index contributed by atoms with van der Waals surface area (Å²) in [6.45, 7) is 0. The van der Waals surface area contributed by atoms with Crippen LogP contribution < -0.4 is 9.47 Å². The molecule has 0 bridgehead atoms. The molecule has 0 atom stereocenters. The van der Waals surface area contributed by atoms with E-state index in [1.807, 2.05) is 11.4 Å². The van der Waals surface area contributed by atoms with E-state index in [4.69, 9.17) is 9.47 Å². The number of hydrogen-bond acceptors (Lipinski definition) is 5. The van der Waals surface area contributed by atoms with Crippen molar-refractivity contribution in [3.63, 3.8) is 0 Å². The van der Waals surface area contributed by atoms with E-state index >= 15 is 0 Å². The zero-order valence-corrected chi connectivity index (χ0v) is 12.2. The molecule has 0 amide bonds. The topological polar surface area (TPSA) is 52.6 Å². The smallest absolute Gasteiger partial charge is 0.314 e. The van der Waals surface area contributed by atoms with Crippen molar-refractivity contribution in [1.82, 2.24) is 0 Å². The molecule has 2 fully saturated rings. The van der Waals surface area contributed by atoms with Gasteiger partial charge in [-0.15, -0.1) is 11.3 Å². The lowest BCUT2D eigenvalue weighted by atomic mass is 10.2. The molecule has 1 aromatic heterocycles. The normalized spacial score (nSPS) is 17.7. The first-order valence-corrected chi connectivity index (χ1v) is 8.04. The van der Waals surface area contributed by atoms with Crippen LogP contribution in [0.1, 0.15) is 25.7 Å². The van der Waals surface area contributed by atoms with Crippen LogP contribution in [0.4, 0.5) is 0 Å². The van der Waals surface area contributed by atoms with E-state index in [-0.39, 0.29) is 23.8 Å². The molecule has 2 aliphatic carbocycles. The Hall–Kier alpha value is -1.88. The third-order valence-electron chi connectivity index (χ3n) is 3.78. The predicted molar refractivity (Wildman–Crippen MR) is 78.5 cm³/mol. The van der Waals surface area contributed by atoms with Gasteiger partial charge in [0.1, 0.15) is 11.5 Å². The molecule has 0 unspecified atom stereocenters. The Morgan fingerprint density at radius 1 is 0.905 bits per heavy atom. The summed E-state index contributed by atoms with van der Waals surface area (Å²) in [5, 5.41) is 2.74. The summed E-state index contributed by atoms with van der Waals surface area (Å²) in [5.74, 6) is 0.911. The Morgan fingerprint density at radius 3 is 2.10 bits per heavy atom. The summed E-state index contributed by atoms with van der Waals surface area (Å²) in [4.78, 5) is 23.6. The minimum Gasteiger partial charge on any atom is -0.426 e. The van der Waals surface area contributed by atoms with Crippen LogP contribution in [-0.4, -0.2) is 11.9 Å². The SMILES string of the molecule is O=C(Oc1ccc(OC(=O)C2CC2)c2sccc12)C1CC1. The summed E-state index contributed by atoms with van der Waals surface area (Å²) < 4.78 is 11.8. The van der Waals surface area contributed by atoms with Crippen molar-refractivity contribution in [3.05, 3.63) is 23.6 Å². The maximum Gasteiger partial charge on any atom is 0.314 e. The second-order valence-corrected chi connectivity index (χ2v) is 6.53. The molecule has 0 radical (unpaired) electrons. The number of rotatable bonds is 4. The monoisotopic (exact) mass is 302 g/mol. The minimum absolute atomic E-state index is 0.0612. The number of carbonyl (C=O) groups is 2. The van der Waals surface area contributed by atoms with Crippen molar-refractivity contribution in [1.29, 1.82) is 0 Å². The number of benzene rings is 1. The van der Waals surface area contributed by atoms with Gasteiger partial charge < -0.3 is 9.47 Å². The van der Waals surface area contributed by atoms with Gasteiger partial charge in [-0.05, 0) is 49.3 Å². The molecule has 2 saturated carbocycles. The second-order valence-electron chi connectivity index (χ2n) is 5.62. The van der Waals surface area contributed by atoms with Crippen LogP contribution in [-0.2, 0) is 9.59 Å². The van der Waals surface area contributed by atoms with Gasteiger partial charge in [0.15, 0.2) is 0 Å². The van der Waals surface area contributed by atoms with Gasteiger partial charge in [-0.1, -0.05) is 0 Å². The Balaban J connectivity index is 1.62. The van der Waals surface area contributed by atoms with Crippen molar-refractivity contribution < 1.29 is 19.1 Å². The average molecular weight is 302 g/mol. The Labute approximate surface area is 125 Å². The van der Waals surface area contributed by atoms with Crippen molar-refractivity contribution in [2.45, 2.75) is 25.7 Å². The fraction of sp³-hybridized carbons (Fsp3) is 0.375. The van der Waals surface area contributed by atoms with Crippen LogP contribution in [0.3, 0.4) is 0 Å². The summed E-state index contributed by atoms with van der Waals surface area (Å²) in [6.07, 6.45) is 3.68. The molecule has 0 aliphatic heterocycles. The molecule has 0 spiro atoms. The van der Waals surface area contributed by atoms with Crippen molar-refractivity contribution in [2.24, 2.45) is 11.8 Å². The first kappa shape index (κ1) is 12.8. The first-order valence-electron chi connectivity index (χ1n) is 7.16. The van der Waals surface area contributed by atoms with Crippen molar-refractivity contribution in [2.75, 3.05) is 0 Å². The molecule has 1 aromatic carbocycles. The predicted octanol–water partition coefficient (Wildman–Crippen LogP) is 3.53. The van der Waals surface area contributed by atoms with Gasteiger partial charge in [-0.3, -0.25) is 9.59 Å². The van der Waals surface area contributed by atoms with Crippen LogP contribution >= 0.6 is 11.3 Å². The van der Waals surface area contributed by atoms with Crippen LogP contribution in [0.15, 0.2) is 23.6 Å². The molecule has 0 N–H and O–H groups in total. The number of fused-ring (bicyclic) bond motifs is 1. The minimum atomic E-state index is -0.162. The number of hydrogen-bond donors (Lipinski definition) is 0. The van der Waals surface area contributed by atoms with Gasteiger partial charge in [0.05, 0.1) is 16.5 Å². The third-order valence-corrected chi connectivity index (χ3v) is 4.71. The van der Waals surface area contributed by atoms with Gasteiger partial charge >= 0.3 is 11.9 Å². The number of thiophene rings is 1.